The van der Waals surface area contributed by atoms with Gasteiger partial charge in [-0.3, -0.25) is 4.21 Å². The van der Waals surface area contributed by atoms with Crippen LogP contribution in [0.15, 0.2) is 41.6 Å². The van der Waals surface area contributed by atoms with E-state index in [2.05, 4.69) is 10.2 Å². The van der Waals surface area contributed by atoms with Gasteiger partial charge in [-0.1, -0.05) is 58.7 Å². The molecule has 0 radical (unpaired) electrons. The van der Waals surface area contributed by atoms with E-state index < -0.39 is 10.8 Å². The van der Waals surface area contributed by atoms with Crippen LogP contribution in [0.1, 0.15) is 23.9 Å². The number of halogens is 4. The van der Waals surface area contributed by atoms with Gasteiger partial charge in [-0.25, -0.2) is 4.39 Å². The van der Waals surface area contributed by atoms with Gasteiger partial charge in [0.2, 0.25) is 0 Å². The number of hydrogen-bond donors (Lipinski definition) is 0. The predicted octanol–water partition coefficient (Wildman–Crippen LogP) is 6.14. The fourth-order valence-electron chi connectivity index (χ4n) is 2.66. The third-order valence-corrected chi connectivity index (χ3v) is 7.29. The van der Waals surface area contributed by atoms with E-state index >= 15 is 0 Å². The van der Waals surface area contributed by atoms with Crippen molar-refractivity contribution in [3.8, 4) is 0 Å². The van der Waals surface area contributed by atoms with Gasteiger partial charge in [0.25, 0.3) is 0 Å². The predicted molar refractivity (Wildman–Crippen MR) is 119 cm³/mol. The molecule has 3 aromatic rings. The van der Waals surface area contributed by atoms with E-state index in [-0.39, 0.29) is 11.6 Å². The van der Waals surface area contributed by atoms with Crippen LogP contribution in [-0.2, 0) is 34.6 Å². The molecule has 0 N–H and O–H groups in total. The van der Waals surface area contributed by atoms with Gasteiger partial charge in [0.15, 0.2) is 5.16 Å². The molecule has 0 unspecified atom stereocenters. The summed E-state index contributed by atoms with van der Waals surface area (Å²) < 4.78 is 28.5. The van der Waals surface area contributed by atoms with Crippen molar-refractivity contribution < 1.29 is 8.60 Å². The van der Waals surface area contributed by atoms with Crippen LogP contribution < -0.4 is 0 Å². The van der Waals surface area contributed by atoms with E-state index in [1.807, 2.05) is 11.5 Å². The minimum atomic E-state index is -1.23. The van der Waals surface area contributed by atoms with Gasteiger partial charge in [-0.2, -0.15) is 0 Å². The summed E-state index contributed by atoms with van der Waals surface area (Å²) >= 11 is 19.5. The smallest absolute Gasteiger partial charge is 0.191 e. The lowest BCUT2D eigenvalue weighted by molar-refractivity contribution is 0.617. The molecule has 4 nitrogen and oxygen atoms in total. The van der Waals surface area contributed by atoms with Crippen LogP contribution in [0.2, 0.25) is 15.1 Å². The highest BCUT2D eigenvalue weighted by molar-refractivity contribution is 7.98. The fraction of sp³-hybridized carbons (Fsp3) is 0.263. The van der Waals surface area contributed by atoms with E-state index in [0.717, 1.165) is 5.56 Å². The van der Waals surface area contributed by atoms with E-state index in [0.29, 0.717) is 49.7 Å². The van der Waals surface area contributed by atoms with Gasteiger partial charge in [-0.05, 0) is 36.8 Å². The molecule has 154 valence electrons. The summed E-state index contributed by atoms with van der Waals surface area (Å²) in [6.07, 6.45) is 0. The van der Waals surface area contributed by atoms with Crippen molar-refractivity contribution in [2.45, 2.75) is 35.9 Å². The molecule has 0 aliphatic carbocycles. The minimum absolute atomic E-state index is 0.237. The average Bonchev–Trinajstić information content (AvgIpc) is 3.05. The molecule has 0 fully saturated rings. The Balaban J connectivity index is 1.69. The Morgan fingerprint density at radius 1 is 1.10 bits per heavy atom. The molecule has 1 aromatic heterocycles. The summed E-state index contributed by atoms with van der Waals surface area (Å²) in [5, 5.41) is 10.4. The number of benzene rings is 2. The first-order chi connectivity index (χ1) is 13.9. The minimum Gasteiger partial charge on any atom is -0.306 e. The van der Waals surface area contributed by atoms with E-state index in [1.165, 1.54) is 17.8 Å². The Kier molecular flexibility index (Phi) is 7.99. The normalized spacial score (nSPS) is 12.3. The van der Waals surface area contributed by atoms with Crippen molar-refractivity contribution in [3.05, 3.63) is 74.2 Å². The topological polar surface area (TPSA) is 47.8 Å². The van der Waals surface area contributed by atoms with E-state index in [9.17, 15) is 8.60 Å². The monoisotopic (exact) mass is 491 g/mol. The summed E-state index contributed by atoms with van der Waals surface area (Å²) in [7, 11) is -1.23. The Labute approximate surface area is 190 Å². The number of nitrogens with zero attached hydrogens (tertiary/aromatic N) is 3. The number of thioether (sulfide) groups is 1. The van der Waals surface area contributed by atoms with Gasteiger partial charge in [-0.15, -0.1) is 10.2 Å². The zero-order valence-electron chi connectivity index (χ0n) is 15.4. The first-order valence-electron chi connectivity index (χ1n) is 8.65. The van der Waals surface area contributed by atoms with Gasteiger partial charge in [0.05, 0.1) is 11.5 Å². The maximum atomic E-state index is 14.0. The third-order valence-electron chi connectivity index (χ3n) is 4.14. The van der Waals surface area contributed by atoms with Crippen molar-refractivity contribution in [2.75, 3.05) is 0 Å². The van der Waals surface area contributed by atoms with Gasteiger partial charge in [0.1, 0.15) is 11.6 Å². The third kappa shape index (κ3) is 5.73. The molecule has 0 amide bonds. The van der Waals surface area contributed by atoms with Crippen LogP contribution in [-0.4, -0.2) is 19.0 Å². The van der Waals surface area contributed by atoms with E-state index in [4.69, 9.17) is 34.8 Å². The average molecular weight is 493 g/mol. The second-order valence-corrected chi connectivity index (χ2v) is 9.75. The van der Waals surface area contributed by atoms with Crippen LogP contribution >= 0.6 is 46.6 Å². The molecule has 0 spiro atoms. The van der Waals surface area contributed by atoms with Crippen LogP contribution in [0.5, 0.6) is 0 Å². The largest absolute Gasteiger partial charge is 0.306 e. The molecule has 2 aromatic carbocycles. The Morgan fingerprint density at radius 3 is 2.59 bits per heavy atom. The molecule has 1 heterocycles. The lowest BCUT2D eigenvalue weighted by Gasteiger charge is -2.09. The fourth-order valence-corrected chi connectivity index (χ4v) is 5.79. The van der Waals surface area contributed by atoms with Crippen molar-refractivity contribution in [3.63, 3.8) is 0 Å². The van der Waals surface area contributed by atoms with Crippen molar-refractivity contribution in [2.24, 2.45) is 0 Å². The maximum Gasteiger partial charge on any atom is 0.191 e. The highest BCUT2D eigenvalue weighted by atomic mass is 35.5. The molecular formula is C19H17Cl3FN3OS2. The molecule has 0 aliphatic heterocycles. The zero-order chi connectivity index (χ0) is 21.0. The lowest BCUT2D eigenvalue weighted by atomic mass is 10.2. The summed E-state index contributed by atoms with van der Waals surface area (Å²) in [5.74, 6) is 1.11. The molecule has 0 bridgehead atoms. The Morgan fingerprint density at radius 2 is 1.90 bits per heavy atom. The first-order valence-corrected chi connectivity index (χ1v) is 12.3. The number of rotatable bonds is 8. The number of aromatic nitrogens is 3. The zero-order valence-corrected chi connectivity index (χ0v) is 19.3. The molecule has 1 atom stereocenters. The first kappa shape index (κ1) is 22.6. The molecule has 0 saturated carbocycles. The Bertz CT molecular complexity index is 1030. The maximum absolute atomic E-state index is 14.0. The van der Waals surface area contributed by atoms with Crippen molar-refractivity contribution in [1.29, 1.82) is 0 Å². The molecule has 3 rings (SSSR count). The van der Waals surface area contributed by atoms with Gasteiger partial charge in [0, 0.05) is 43.7 Å². The highest BCUT2D eigenvalue weighted by Gasteiger charge is 2.16. The lowest BCUT2D eigenvalue weighted by Crippen LogP contribution is -2.08. The van der Waals surface area contributed by atoms with Gasteiger partial charge < -0.3 is 4.57 Å². The standard InChI is InChI=1S/C19H17Cl3FN3OS2/c1-2-26-18(11-29(27)10-12-6-7-13(20)8-16(12)22)24-25-19(26)28-9-14-15(21)4-3-5-17(14)23/h3-8H,2,9-11H2,1H3/t29-/m1/s1. The summed E-state index contributed by atoms with van der Waals surface area (Å²) in [6, 6.07) is 9.72. The second kappa shape index (κ2) is 10.3. The molecule has 29 heavy (non-hydrogen) atoms. The van der Waals surface area contributed by atoms with Crippen molar-refractivity contribution in [1.82, 2.24) is 14.8 Å². The van der Waals surface area contributed by atoms with Crippen LogP contribution in [0.4, 0.5) is 4.39 Å². The molecular weight excluding hydrogens is 476 g/mol. The summed E-state index contributed by atoms with van der Waals surface area (Å²) in [4.78, 5) is 0. The van der Waals surface area contributed by atoms with E-state index in [1.54, 1.807) is 30.3 Å². The van der Waals surface area contributed by atoms with Crippen LogP contribution in [0.25, 0.3) is 0 Å². The van der Waals surface area contributed by atoms with Crippen LogP contribution in [0, 0.1) is 5.82 Å². The molecule has 0 saturated heterocycles. The highest BCUT2D eigenvalue weighted by Crippen LogP contribution is 2.28. The Hall–Kier alpha value is -1.12. The second-order valence-electron chi connectivity index (χ2n) is 6.10. The SMILES string of the molecule is CCn1c(C[S@](=O)Cc2ccc(Cl)cc2Cl)nnc1SCc1c(F)cccc1Cl. The van der Waals surface area contributed by atoms with Crippen LogP contribution in [0.3, 0.4) is 0 Å². The molecule has 10 heteroatoms. The molecule has 0 aliphatic rings. The van der Waals surface area contributed by atoms with Gasteiger partial charge >= 0.3 is 0 Å². The number of hydrogen-bond acceptors (Lipinski definition) is 4. The quantitative estimate of drug-likeness (QED) is 0.354. The summed E-state index contributed by atoms with van der Waals surface area (Å²) in [6.45, 7) is 2.56. The van der Waals surface area contributed by atoms with Crippen molar-refractivity contribution >= 4 is 57.4 Å². The summed E-state index contributed by atoms with van der Waals surface area (Å²) in [5.41, 5.74) is 1.19.